The van der Waals surface area contributed by atoms with E-state index in [9.17, 15) is 14.0 Å². The zero-order chi connectivity index (χ0) is 21.0. The van der Waals surface area contributed by atoms with Crippen LogP contribution in [0.5, 0.6) is 0 Å². The van der Waals surface area contributed by atoms with Gasteiger partial charge in [0.05, 0.1) is 24.5 Å². The van der Waals surface area contributed by atoms with Gasteiger partial charge in [-0.1, -0.05) is 16.5 Å². The van der Waals surface area contributed by atoms with Crippen LogP contribution in [0.2, 0.25) is 0 Å². The first-order valence-corrected chi connectivity index (χ1v) is 9.71. The number of aryl methyl sites for hydroxylation is 1. The van der Waals surface area contributed by atoms with Crippen molar-refractivity contribution in [1.29, 1.82) is 0 Å². The summed E-state index contributed by atoms with van der Waals surface area (Å²) >= 11 is 1.26. The molecule has 1 aliphatic rings. The van der Waals surface area contributed by atoms with Crippen molar-refractivity contribution in [3.05, 3.63) is 29.0 Å². The van der Waals surface area contributed by atoms with Gasteiger partial charge >= 0.3 is 6.09 Å². The lowest BCUT2D eigenvalue weighted by atomic mass is 10.2. The molecule has 0 aliphatic carbocycles. The summed E-state index contributed by atoms with van der Waals surface area (Å²) in [5, 5.41) is 23.6. The molecule has 1 atom stereocenters. The van der Waals surface area contributed by atoms with Gasteiger partial charge in [0.25, 0.3) is 0 Å². The predicted molar refractivity (Wildman–Crippen MR) is 105 cm³/mol. The topological polar surface area (TPSA) is 117 Å². The average Bonchev–Trinajstić information content (AvgIpc) is 3.30. The zero-order valence-corrected chi connectivity index (χ0v) is 16.7. The van der Waals surface area contributed by atoms with Gasteiger partial charge < -0.3 is 15.3 Å². The normalized spacial score (nSPS) is 16.8. The van der Waals surface area contributed by atoms with E-state index in [2.05, 4.69) is 20.7 Å². The Hall–Kier alpha value is -3.08. The van der Waals surface area contributed by atoms with E-state index in [1.54, 1.807) is 19.1 Å². The number of rotatable bonds is 7. The number of anilines is 1. The van der Waals surface area contributed by atoms with E-state index in [1.807, 2.05) is 0 Å². The van der Waals surface area contributed by atoms with Crippen molar-refractivity contribution in [2.24, 2.45) is 5.16 Å². The number of nitrogens with zero attached hydrogens (tertiary/aromatic N) is 4. The van der Waals surface area contributed by atoms with Gasteiger partial charge in [-0.25, -0.2) is 9.18 Å². The Morgan fingerprint density at radius 2 is 2.24 bits per heavy atom. The maximum absolute atomic E-state index is 14.7. The van der Waals surface area contributed by atoms with Crippen LogP contribution in [0.1, 0.15) is 25.3 Å². The van der Waals surface area contributed by atoms with Crippen LogP contribution in [0, 0.1) is 5.82 Å². The number of hydrogen-bond donors (Lipinski definition) is 2. The minimum absolute atomic E-state index is 0.201. The van der Waals surface area contributed by atoms with Gasteiger partial charge in [0.15, 0.2) is 5.01 Å². The molecule has 0 bridgehead atoms. The van der Waals surface area contributed by atoms with E-state index in [0.717, 1.165) is 0 Å². The van der Waals surface area contributed by atoms with Crippen LogP contribution in [-0.4, -0.2) is 52.3 Å². The SMILES string of the molecule is CC(=O)NC[C@H]1CN(c2ccc(-c3nnc(CC/C(C)=N/O)s3)c(F)c2)C(=O)O1. The lowest BCUT2D eigenvalue weighted by Gasteiger charge is -2.14. The maximum atomic E-state index is 14.7. The molecule has 3 rings (SSSR count). The number of ether oxygens (including phenoxy) is 1. The molecule has 11 heteroatoms. The van der Waals surface area contributed by atoms with Crippen molar-refractivity contribution in [3.8, 4) is 10.6 Å². The van der Waals surface area contributed by atoms with Gasteiger partial charge in [-0.05, 0) is 31.5 Å². The highest BCUT2D eigenvalue weighted by Crippen LogP contribution is 2.31. The highest BCUT2D eigenvalue weighted by Gasteiger charge is 2.32. The van der Waals surface area contributed by atoms with Crippen LogP contribution >= 0.6 is 11.3 Å². The molecule has 2 N–H and O–H groups in total. The van der Waals surface area contributed by atoms with Gasteiger partial charge in [-0.15, -0.1) is 10.2 Å². The second kappa shape index (κ2) is 8.95. The van der Waals surface area contributed by atoms with E-state index in [4.69, 9.17) is 9.94 Å². The Labute approximate surface area is 170 Å². The van der Waals surface area contributed by atoms with Crippen LogP contribution in [0.4, 0.5) is 14.9 Å². The second-order valence-electron chi connectivity index (χ2n) is 6.55. The molecule has 0 unspecified atom stereocenters. The molecule has 0 spiro atoms. The van der Waals surface area contributed by atoms with Crippen molar-refractivity contribution >= 4 is 34.7 Å². The lowest BCUT2D eigenvalue weighted by molar-refractivity contribution is -0.119. The van der Waals surface area contributed by atoms with Crippen LogP contribution < -0.4 is 10.2 Å². The van der Waals surface area contributed by atoms with Crippen LogP contribution in [0.3, 0.4) is 0 Å². The van der Waals surface area contributed by atoms with E-state index in [0.29, 0.717) is 34.3 Å². The molecule has 1 fully saturated rings. The number of nitrogens with one attached hydrogen (secondary N) is 1. The zero-order valence-electron chi connectivity index (χ0n) is 15.9. The molecule has 1 aliphatic heterocycles. The number of aromatic nitrogens is 2. The molecule has 2 aromatic rings. The van der Waals surface area contributed by atoms with E-state index in [-0.39, 0.29) is 24.6 Å². The van der Waals surface area contributed by atoms with Crippen molar-refractivity contribution in [1.82, 2.24) is 15.5 Å². The fourth-order valence-electron chi connectivity index (χ4n) is 2.74. The van der Waals surface area contributed by atoms with Crippen molar-refractivity contribution < 1.29 is 23.9 Å². The first-order valence-electron chi connectivity index (χ1n) is 8.89. The fourth-order valence-corrected chi connectivity index (χ4v) is 3.61. The summed E-state index contributed by atoms with van der Waals surface area (Å²) in [6, 6.07) is 4.41. The summed E-state index contributed by atoms with van der Waals surface area (Å²) in [4.78, 5) is 24.4. The molecule has 9 nitrogen and oxygen atoms in total. The number of halogens is 1. The Balaban J connectivity index is 1.70. The van der Waals surface area contributed by atoms with Crippen LogP contribution in [0.15, 0.2) is 23.4 Å². The van der Waals surface area contributed by atoms with Crippen molar-refractivity contribution in [2.45, 2.75) is 32.8 Å². The summed E-state index contributed by atoms with van der Waals surface area (Å²) in [6.45, 7) is 3.49. The Bertz CT molecular complexity index is 948. The van der Waals surface area contributed by atoms with Crippen molar-refractivity contribution in [3.63, 3.8) is 0 Å². The van der Waals surface area contributed by atoms with Gasteiger partial charge in [-0.3, -0.25) is 9.69 Å². The van der Waals surface area contributed by atoms with Crippen molar-refractivity contribution in [2.75, 3.05) is 18.0 Å². The molecular formula is C18H20FN5O4S. The third kappa shape index (κ3) is 5.05. The average molecular weight is 421 g/mol. The Kier molecular flexibility index (Phi) is 6.37. The molecule has 2 heterocycles. The summed E-state index contributed by atoms with van der Waals surface area (Å²) < 4.78 is 19.9. The summed E-state index contributed by atoms with van der Waals surface area (Å²) in [5.74, 6) is -0.749. The number of hydrogen-bond acceptors (Lipinski definition) is 8. The number of benzene rings is 1. The number of carbonyl (C=O) groups is 2. The molecule has 0 radical (unpaired) electrons. The molecule has 2 amide bonds. The molecule has 1 saturated heterocycles. The molecule has 154 valence electrons. The summed E-state index contributed by atoms with van der Waals surface area (Å²) in [5.41, 5.74) is 1.22. The maximum Gasteiger partial charge on any atom is 0.414 e. The first kappa shape index (κ1) is 20.6. The van der Waals surface area contributed by atoms with Gasteiger partial charge in [0.1, 0.15) is 16.9 Å². The second-order valence-corrected chi connectivity index (χ2v) is 7.62. The Morgan fingerprint density at radius 3 is 2.93 bits per heavy atom. The predicted octanol–water partition coefficient (Wildman–Crippen LogP) is 2.59. The number of oxime groups is 1. The standard InChI is InChI=1S/C18H20FN5O4S/c1-10(23-27)3-6-16-21-22-17(29-16)14-5-4-12(7-15(14)19)24-9-13(28-18(24)26)8-20-11(2)25/h4-5,7,13,27H,3,6,8-9H2,1-2H3,(H,20,25)/b23-10+/t13-/m0/s1. The van der Waals surface area contributed by atoms with E-state index >= 15 is 0 Å². The molecule has 1 aromatic heterocycles. The fraction of sp³-hybridized carbons (Fsp3) is 0.389. The highest BCUT2D eigenvalue weighted by molar-refractivity contribution is 7.14. The van der Waals surface area contributed by atoms with Crippen LogP contribution in [0.25, 0.3) is 10.6 Å². The smallest absolute Gasteiger partial charge is 0.414 e. The largest absolute Gasteiger partial charge is 0.442 e. The van der Waals surface area contributed by atoms with Crippen LogP contribution in [-0.2, 0) is 16.0 Å². The van der Waals surface area contributed by atoms with Gasteiger partial charge in [0.2, 0.25) is 5.91 Å². The monoisotopic (exact) mass is 421 g/mol. The minimum atomic E-state index is -0.591. The molecule has 0 saturated carbocycles. The third-order valence-corrected chi connectivity index (χ3v) is 5.30. The van der Waals surface area contributed by atoms with Gasteiger partial charge in [0, 0.05) is 18.9 Å². The molecule has 1 aromatic carbocycles. The minimum Gasteiger partial charge on any atom is -0.442 e. The highest BCUT2D eigenvalue weighted by atomic mass is 32.1. The number of carbonyl (C=O) groups excluding carboxylic acids is 2. The van der Waals surface area contributed by atoms with E-state index < -0.39 is 18.0 Å². The van der Waals surface area contributed by atoms with E-state index in [1.165, 1.54) is 29.2 Å². The quantitative estimate of drug-likeness (QED) is 0.403. The summed E-state index contributed by atoms with van der Waals surface area (Å²) in [7, 11) is 0. The van der Waals surface area contributed by atoms with Gasteiger partial charge in [-0.2, -0.15) is 0 Å². The third-order valence-electron chi connectivity index (χ3n) is 4.29. The number of cyclic esters (lactones) is 1. The summed E-state index contributed by atoms with van der Waals surface area (Å²) in [6.07, 6.45) is -0.0105. The number of amides is 2. The lowest BCUT2D eigenvalue weighted by Crippen LogP contribution is -2.33. The molecule has 29 heavy (non-hydrogen) atoms. The molecular weight excluding hydrogens is 401 g/mol. The first-order chi connectivity index (χ1) is 13.9. The Morgan fingerprint density at radius 1 is 1.45 bits per heavy atom.